The number of carbonyl (C=O) groups is 1. The number of carboxylic acids is 1. The molecule has 21 heavy (non-hydrogen) atoms. The minimum atomic E-state index is -0.687. The lowest BCUT2D eigenvalue weighted by Crippen LogP contribution is -1.95. The first-order chi connectivity index (χ1) is 10.2. The molecule has 3 heteroatoms. The third kappa shape index (κ3) is 16.9. The second-order valence-corrected chi connectivity index (χ2v) is 5.54. The minimum absolute atomic E-state index is 0.305. The molecule has 1 unspecified atom stereocenters. The Labute approximate surface area is 129 Å². The number of allylic oxidation sites excluding steroid dienone is 2. The van der Waals surface area contributed by atoms with Gasteiger partial charge in [-0.05, 0) is 25.7 Å². The van der Waals surface area contributed by atoms with Crippen LogP contribution in [0, 0.1) is 0 Å². The van der Waals surface area contributed by atoms with E-state index in [1.807, 2.05) is 18.2 Å². The van der Waals surface area contributed by atoms with E-state index in [-0.39, 0.29) is 0 Å². The summed E-state index contributed by atoms with van der Waals surface area (Å²) in [6.07, 6.45) is 18.6. The Morgan fingerprint density at radius 2 is 1.43 bits per heavy atom. The summed E-state index contributed by atoms with van der Waals surface area (Å²) in [5.74, 6) is -0.687. The second kappa shape index (κ2) is 15.3. The predicted octanol–water partition coefficient (Wildman–Crippen LogP) is 4.86. The van der Waals surface area contributed by atoms with E-state index in [1.54, 1.807) is 0 Å². The van der Waals surface area contributed by atoms with E-state index in [2.05, 4.69) is 13.0 Å². The molecule has 0 saturated carbocycles. The van der Waals surface area contributed by atoms with E-state index in [4.69, 9.17) is 5.11 Å². The number of hydrogen-bond acceptors (Lipinski definition) is 2. The van der Waals surface area contributed by atoms with Crippen LogP contribution in [0.2, 0.25) is 0 Å². The van der Waals surface area contributed by atoms with Gasteiger partial charge in [-0.3, -0.25) is 4.79 Å². The maximum atomic E-state index is 10.3. The predicted molar refractivity (Wildman–Crippen MR) is 88.4 cm³/mol. The van der Waals surface area contributed by atoms with Crippen LogP contribution < -0.4 is 0 Å². The average Bonchev–Trinajstić information content (AvgIpc) is 2.44. The molecule has 0 aliphatic rings. The number of aliphatic hydroxyl groups excluding tert-OH is 1. The number of carboxylic acid groups (broad SMARTS) is 1. The van der Waals surface area contributed by atoms with Gasteiger partial charge in [0, 0.05) is 6.42 Å². The minimum Gasteiger partial charge on any atom is -0.481 e. The maximum absolute atomic E-state index is 10.3. The van der Waals surface area contributed by atoms with Crippen molar-refractivity contribution >= 4 is 5.97 Å². The third-order valence-corrected chi connectivity index (χ3v) is 3.38. The molecule has 0 heterocycles. The highest BCUT2D eigenvalue weighted by molar-refractivity contribution is 5.66. The highest BCUT2D eigenvalue weighted by Gasteiger charge is 1.96. The zero-order valence-corrected chi connectivity index (χ0v) is 13.5. The van der Waals surface area contributed by atoms with Crippen LogP contribution in [0.5, 0.6) is 0 Å². The van der Waals surface area contributed by atoms with E-state index in [1.165, 1.54) is 19.3 Å². The highest BCUT2D eigenvalue weighted by atomic mass is 16.4. The van der Waals surface area contributed by atoms with Crippen molar-refractivity contribution in [1.29, 1.82) is 0 Å². The molecule has 0 radical (unpaired) electrons. The van der Waals surface area contributed by atoms with Crippen LogP contribution in [-0.4, -0.2) is 22.3 Å². The van der Waals surface area contributed by atoms with Gasteiger partial charge < -0.3 is 10.2 Å². The van der Waals surface area contributed by atoms with Crippen molar-refractivity contribution in [2.24, 2.45) is 0 Å². The maximum Gasteiger partial charge on any atom is 0.303 e. The molecule has 0 bridgehead atoms. The summed E-state index contributed by atoms with van der Waals surface area (Å²) in [5.41, 5.74) is 0. The van der Waals surface area contributed by atoms with Crippen molar-refractivity contribution in [3.63, 3.8) is 0 Å². The molecule has 0 aliphatic heterocycles. The lowest BCUT2D eigenvalue weighted by molar-refractivity contribution is -0.137. The molecule has 3 nitrogen and oxygen atoms in total. The van der Waals surface area contributed by atoms with Crippen LogP contribution >= 0.6 is 0 Å². The lowest BCUT2D eigenvalue weighted by atomic mass is 10.1. The Hall–Kier alpha value is -1.09. The molecule has 1 atom stereocenters. The fourth-order valence-corrected chi connectivity index (χ4v) is 2.12. The molecule has 122 valence electrons. The summed E-state index contributed by atoms with van der Waals surface area (Å²) in [6.45, 7) is 2.12. The van der Waals surface area contributed by atoms with Gasteiger partial charge in [0.25, 0.3) is 0 Å². The van der Waals surface area contributed by atoms with E-state index < -0.39 is 12.1 Å². The fourth-order valence-electron chi connectivity index (χ4n) is 2.12. The SMILES string of the molecule is CCCC=CC(O)C=CCCCCCCCCCC(=O)O. The first kappa shape index (κ1) is 19.9. The molecule has 0 aromatic rings. The summed E-state index contributed by atoms with van der Waals surface area (Å²) in [5, 5.41) is 18.1. The van der Waals surface area contributed by atoms with Crippen molar-refractivity contribution in [3.8, 4) is 0 Å². The van der Waals surface area contributed by atoms with Gasteiger partial charge in [-0.2, -0.15) is 0 Å². The van der Waals surface area contributed by atoms with E-state index in [0.29, 0.717) is 6.42 Å². The third-order valence-electron chi connectivity index (χ3n) is 3.38. The van der Waals surface area contributed by atoms with Crippen molar-refractivity contribution in [1.82, 2.24) is 0 Å². The summed E-state index contributed by atoms with van der Waals surface area (Å²) in [6, 6.07) is 0. The molecule has 0 spiro atoms. The van der Waals surface area contributed by atoms with Crippen molar-refractivity contribution in [2.45, 2.75) is 83.7 Å². The van der Waals surface area contributed by atoms with Gasteiger partial charge >= 0.3 is 5.97 Å². The Balaban J connectivity index is 3.29. The number of aliphatic hydroxyl groups is 1. The van der Waals surface area contributed by atoms with Gasteiger partial charge in [0.1, 0.15) is 0 Å². The quantitative estimate of drug-likeness (QED) is 0.355. The van der Waals surface area contributed by atoms with E-state index >= 15 is 0 Å². The molecule has 0 saturated heterocycles. The monoisotopic (exact) mass is 296 g/mol. The Bertz CT molecular complexity index is 295. The molecular weight excluding hydrogens is 264 g/mol. The molecule has 0 aliphatic carbocycles. The fraction of sp³-hybridized carbons (Fsp3) is 0.722. The molecule has 0 amide bonds. The van der Waals surface area contributed by atoms with Gasteiger partial charge in [-0.1, -0.05) is 69.8 Å². The van der Waals surface area contributed by atoms with Gasteiger partial charge in [0.2, 0.25) is 0 Å². The summed E-state index contributed by atoms with van der Waals surface area (Å²) in [7, 11) is 0. The topological polar surface area (TPSA) is 57.5 Å². The van der Waals surface area contributed by atoms with E-state index in [9.17, 15) is 9.90 Å². The molecule has 0 aromatic heterocycles. The average molecular weight is 296 g/mol. The first-order valence-corrected chi connectivity index (χ1v) is 8.40. The summed E-state index contributed by atoms with van der Waals surface area (Å²) >= 11 is 0. The molecule has 0 fully saturated rings. The van der Waals surface area contributed by atoms with Gasteiger partial charge in [0.05, 0.1) is 6.10 Å². The van der Waals surface area contributed by atoms with Crippen molar-refractivity contribution < 1.29 is 15.0 Å². The molecule has 2 N–H and O–H groups in total. The Kier molecular flexibility index (Phi) is 14.5. The number of rotatable bonds is 14. The van der Waals surface area contributed by atoms with Crippen LogP contribution in [0.15, 0.2) is 24.3 Å². The van der Waals surface area contributed by atoms with Crippen LogP contribution in [0.3, 0.4) is 0 Å². The summed E-state index contributed by atoms with van der Waals surface area (Å²) < 4.78 is 0. The number of aliphatic carboxylic acids is 1. The molecule has 0 rings (SSSR count). The smallest absolute Gasteiger partial charge is 0.303 e. The van der Waals surface area contributed by atoms with Crippen LogP contribution in [0.1, 0.15) is 77.6 Å². The molecular formula is C18H32O3. The summed E-state index contributed by atoms with van der Waals surface area (Å²) in [4.78, 5) is 10.3. The van der Waals surface area contributed by atoms with Crippen molar-refractivity contribution in [2.75, 3.05) is 0 Å². The van der Waals surface area contributed by atoms with Crippen LogP contribution in [0.4, 0.5) is 0 Å². The second-order valence-electron chi connectivity index (χ2n) is 5.54. The normalized spacial score (nSPS) is 13.2. The Morgan fingerprint density at radius 1 is 0.905 bits per heavy atom. The van der Waals surface area contributed by atoms with Gasteiger partial charge in [0.15, 0.2) is 0 Å². The zero-order chi connectivity index (χ0) is 15.8. The standard InChI is InChI=1S/C18H32O3/c1-2-3-11-14-17(19)15-12-9-7-5-4-6-8-10-13-16-18(20)21/h11-12,14-15,17,19H,2-10,13,16H2,1H3,(H,20,21). The molecule has 0 aromatic carbocycles. The largest absolute Gasteiger partial charge is 0.481 e. The number of hydrogen-bond donors (Lipinski definition) is 2. The Morgan fingerprint density at radius 3 is 2.00 bits per heavy atom. The van der Waals surface area contributed by atoms with E-state index in [0.717, 1.165) is 44.9 Å². The van der Waals surface area contributed by atoms with Crippen molar-refractivity contribution in [3.05, 3.63) is 24.3 Å². The highest BCUT2D eigenvalue weighted by Crippen LogP contribution is 2.10. The lowest BCUT2D eigenvalue weighted by Gasteiger charge is -2.00. The van der Waals surface area contributed by atoms with Gasteiger partial charge in [-0.15, -0.1) is 0 Å². The zero-order valence-electron chi connectivity index (χ0n) is 13.5. The van der Waals surface area contributed by atoms with Gasteiger partial charge in [-0.25, -0.2) is 0 Å². The number of unbranched alkanes of at least 4 members (excludes halogenated alkanes) is 8. The first-order valence-electron chi connectivity index (χ1n) is 8.40. The van der Waals surface area contributed by atoms with Crippen LogP contribution in [0.25, 0.3) is 0 Å². The van der Waals surface area contributed by atoms with Crippen LogP contribution in [-0.2, 0) is 4.79 Å².